The Bertz CT molecular complexity index is 1260. The van der Waals surface area contributed by atoms with Crippen molar-refractivity contribution >= 4 is 27.5 Å². The fraction of sp³-hybridized carbons (Fsp3) is 0.107. The molecule has 5 nitrogen and oxygen atoms in total. The van der Waals surface area contributed by atoms with Crippen LogP contribution in [0.15, 0.2) is 95.5 Å². The molecule has 6 heteroatoms. The third-order valence-corrected chi connectivity index (χ3v) is 5.68. The monoisotopic (exact) mass is 517 g/mol. The van der Waals surface area contributed by atoms with E-state index in [0.29, 0.717) is 39.6 Å². The van der Waals surface area contributed by atoms with Crippen molar-refractivity contribution < 1.29 is 19.0 Å². The van der Waals surface area contributed by atoms with Crippen LogP contribution in [-0.4, -0.2) is 13.0 Å². The molecule has 0 bridgehead atoms. The van der Waals surface area contributed by atoms with Crippen LogP contribution in [0.2, 0.25) is 0 Å². The predicted molar refractivity (Wildman–Crippen MR) is 137 cm³/mol. The van der Waals surface area contributed by atoms with Gasteiger partial charge in [0.25, 0.3) is 5.91 Å². The van der Waals surface area contributed by atoms with Crippen LogP contribution in [0.3, 0.4) is 0 Å². The lowest BCUT2D eigenvalue weighted by atomic mass is 10.1. The molecule has 4 aromatic rings. The molecule has 0 unspecified atom stereocenters. The van der Waals surface area contributed by atoms with Crippen LogP contribution in [0.5, 0.6) is 23.0 Å². The first kappa shape index (κ1) is 23.4. The van der Waals surface area contributed by atoms with Gasteiger partial charge in [-0.1, -0.05) is 48.0 Å². The first-order valence-electron chi connectivity index (χ1n) is 10.7. The number of rotatable bonds is 8. The average molecular weight is 518 g/mol. The van der Waals surface area contributed by atoms with Crippen LogP contribution in [0, 0.1) is 6.92 Å². The van der Waals surface area contributed by atoms with Gasteiger partial charge >= 0.3 is 0 Å². The third-order valence-electron chi connectivity index (χ3n) is 5.09. The molecule has 0 fully saturated rings. The molecule has 4 rings (SSSR count). The highest BCUT2D eigenvalue weighted by molar-refractivity contribution is 9.10. The topological polar surface area (TPSA) is 56.8 Å². The fourth-order valence-electron chi connectivity index (χ4n) is 3.27. The summed E-state index contributed by atoms with van der Waals surface area (Å²) >= 11 is 3.52. The van der Waals surface area contributed by atoms with Gasteiger partial charge in [-0.15, -0.1) is 0 Å². The van der Waals surface area contributed by atoms with Gasteiger partial charge in [0.05, 0.1) is 11.6 Å². The summed E-state index contributed by atoms with van der Waals surface area (Å²) in [5, 5.41) is 2.90. The second-order valence-corrected chi connectivity index (χ2v) is 8.51. The molecule has 0 heterocycles. The highest BCUT2D eigenvalue weighted by atomic mass is 79.9. The number of anilines is 1. The molecule has 0 aliphatic heterocycles. The first-order valence-corrected chi connectivity index (χ1v) is 11.5. The molecule has 0 aliphatic carbocycles. The van der Waals surface area contributed by atoms with E-state index < -0.39 is 0 Å². The zero-order valence-electron chi connectivity index (χ0n) is 18.9. The summed E-state index contributed by atoms with van der Waals surface area (Å²) in [6, 6.07) is 28.2. The summed E-state index contributed by atoms with van der Waals surface area (Å²) < 4.78 is 17.9. The number of methoxy groups -OCH3 is 1. The Hall–Kier alpha value is -3.77. The molecule has 1 amide bonds. The third kappa shape index (κ3) is 5.97. The number of para-hydroxylation sites is 1. The number of hydrogen-bond donors (Lipinski definition) is 1. The quantitative estimate of drug-likeness (QED) is 0.264. The standard InChI is InChI=1S/C28H24BrNO4/c1-19-8-10-20(11-9-19)18-33-27-25(29)16-21(17-26(27)32-2)28(31)30-22-12-14-24(15-13-22)34-23-6-4-3-5-7-23/h3-17H,18H2,1-2H3,(H,30,31). The van der Waals surface area contributed by atoms with Gasteiger partial charge < -0.3 is 19.5 Å². The smallest absolute Gasteiger partial charge is 0.255 e. The van der Waals surface area contributed by atoms with Gasteiger partial charge in [-0.05, 0) is 76.9 Å². The largest absolute Gasteiger partial charge is 0.493 e. The van der Waals surface area contributed by atoms with E-state index in [-0.39, 0.29) is 5.91 Å². The Balaban J connectivity index is 1.43. The number of amides is 1. The van der Waals surface area contributed by atoms with Crippen molar-refractivity contribution in [2.45, 2.75) is 13.5 Å². The maximum Gasteiger partial charge on any atom is 0.255 e. The van der Waals surface area contributed by atoms with E-state index in [4.69, 9.17) is 14.2 Å². The second-order valence-electron chi connectivity index (χ2n) is 7.66. The van der Waals surface area contributed by atoms with Gasteiger partial charge in [0.15, 0.2) is 11.5 Å². The van der Waals surface area contributed by atoms with E-state index in [2.05, 4.69) is 21.2 Å². The normalized spacial score (nSPS) is 10.4. The lowest BCUT2D eigenvalue weighted by Crippen LogP contribution is -2.12. The molecular weight excluding hydrogens is 494 g/mol. The minimum absolute atomic E-state index is 0.263. The van der Waals surface area contributed by atoms with Gasteiger partial charge in [-0.2, -0.15) is 0 Å². The van der Waals surface area contributed by atoms with Gasteiger partial charge in [0, 0.05) is 11.3 Å². The summed E-state index contributed by atoms with van der Waals surface area (Å²) in [5.41, 5.74) is 3.33. The van der Waals surface area contributed by atoms with Crippen molar-refractivity contribution in [1.82, 2.24) is 0 Å². The molecule has 4 aromatic carbocycles. The minimum Gasteiger partial charge on any atom is -0.493 e. The molecule has 0 radical (unpaired) electrons. The lowest BCUT2D eigenvalue weighted by Gasteiger charge is -2.15. The maximum absolute atomic E-state index is 12.9. The molecule has 0 aromatic heterocycles. The molecular formula is C28H24BrNO4. The number of carbonyl (C=O) groups excluding carboxylic acids is 1. The Morgan fingerprint density at radius 2 is 1.56 bits per heavy atom. The van der Waals surface area contributed by atoms with Crippen LogP contribution in [0.4, 0.5) is 5.69 Å². The van der Waals surface area contributed by atoms with Crippen molar-refractivity contribution in [2.24, 2.45) is 0 Å². The summed E-state index contributed by atoms with van der Waals surface area (Å²) in [5.74, 6) is 2.19. The summed E-state index contributed by atoms with van der Waals surface area (Å²) in [4.78, 5) is 12.9. The summed E-state index contributed by atoms with van der Waals surface area (Å²) in [7, 11) is 1.55. The van der Waals surface area contributed by atoms with E-state index in [9.17, 15) is 4.79 Å². The molecule has 0 spiro atoms. The van der Waals surface area contributed by atoms with Gasteiger partial charge in [0.2, 0.25) is 0 Å². The van der Waals surface area contributed by atoms with Crippen molar-refractivity contribution in [3.8, 4) is 23.0 Å². The zero-order chi connectivity index (χ0) is 23.9. The Labute approximate surface area is 207 Å². The number of aryl methyl sites for hydroxylation is 1. The van der Waals surface area contributed by atoms with E-state index in [1.807, 2.05) is 61.5 Å². The van der Waals surface area contributed by atoms with E-state index in [1.165, 1.54) is 5.56 Å². The molecule has 172 valence electrons. The second kappa shape index (κ2) is 10.9. The van der Waals surface area contributed by atoms with E-state index in [1.54, 1.807) is 43.5 Å². The molecule has 0 aliphatic rings. The van der Waals surface area contributed by atoms with Crippen LogP contribution >= 0.6 is 15.9 Å². The molecule has 0 saturated carbocycles. The minimum atomic E-state index is -0.263. The number of ether oxygens (including phenoxy) is 3. The molecule has 34 heavy (non-hydrogen) atoms. The molecule has 1 N–H and O–H groups in total. The average Bonchev–Trinajstić information content (AvgIpc) is 2.85. The fourth-order valence-corrected chi connectivity index (χ4v) is 3.82. The summed E-state index contributed by atoms with van der Waals surface area (Å²) in [6.45, 7) is 2.43. The van der Waals surface area contributed by atoms with Gasteiger partial charge in [-0.25, -0.2) is 0 Å². The van der Waals surface area contributed by atoms with E-state index >= 15 is 0 Å². The highest BCUT2D eigenvalue weighted by Gasteiger charge is 2.16. The van der Waals surface area contributed by atoms with Crippen molar-refractivity contribution in [3.05, 3.63) is 112 Å². The molecule has 0 saturated heterocycles. The highest BCUT2D eigenvalue weighted by Crippen LogP contribution is 2.37. The van der Waals surface area contributed by atoms with Crippen LogP contribution in [0.25, 0.3) is 0 Å². The zero-order valence-corrected chi connectivity index (χ0v) is 20.5. The SMILES string of the molecule is COc1cc(C(=O)Nc2ccc(Oc3ccccc3)cc2)cc(Br)c1OCc1ccc(C)cc1. The lowest BCUT2D eigenvalue weighted by molar-refractivity contribution is 0.102. The van der Waals surface area contributed by atoms with Gasteiger partial charge in [0.1, 0.15) is 18.1 Å². The number of nitrogens with one attached hydrogen (secondary N) is 1. The Morgan fingerprint density at radius 3 is 2.24 bits per heavy atom. The number of halogens is 1. The van der Waals surface area contributed by atoms with Crippen molar-refractivity contribution in [3.63, 3.8) is 0 Å². The number of hydrogen-bond acceptors (Lipinski definition) is 4. The van der Waals surface area contributed by atoms with Crippen molar-refractivity contribution in [1.29, 1.82) is 0 Å². The number of carbonyl (C=O) groups is 1. The maximum atomic E-state index is 12.9. The van der Waals surface area contributed by atoms with Crippen LogP contribution < -0.4 is 19.5 Å². The van der Waals surface area contributed by atoms with Gasteiger partial charge in [-0.3, -0.25) is 4.79 Å². The molecule has 0 atom stereocenters. The Kier molecular flexibility index (Phi) is 7.50. The first-order chi connectivity index (χ1) is 16.5. The predicted octanol–water partition coefficient (Wildman–Crippen LogP) is 7.39. The summed E-state index contributed by atoms with van der Waals surface area (Å²) in [6.07, 6.45) is 0. The number of benzene rings is 4. The van der Waals surface area contributed by atoms with E-state index in [0.717, 1.165) is 11.3 Å². The van der Waals surface area contributed by atoms with Crippen LogP contribution in [0.1, 0.15) is 21.5 Å². The van der Waals surface area contributed by atoms with Crippen LogP contribution in [-0.2, 0) is 6.61 Å². The van der Waals surface area contributed by atoms with Crippen molar-refractivity contribution in [2.75, 3.05) is 12.4 Å². The Morgan fingerprint density at radius 1 is 0.882 bits per heavy atom.